The summed E-state index contributed by atoms with van der Waals surface area (Å²) in [5, 5.41) is 51.6. The molecule has 24 nitrogen and oxygen atoms in total. The number of phenols is 3. The fraction of sp³-hybridized carbons (Fsp3) is 0.386. The van der Waals surface area contributed by atoms with Gasteiger partial charge in [-0.05, 0) is 94.2 Å². The van der Waals surface area contributed by atoms with Crippen LogP contribution in [-0.2, 0) is 32.8 Å². The number of amides is 2. The van der Waals surface area contributed by atoms with E-state index in [2.05, 4.69) is 9.98 Å². The number of phenolic OH excluding ortho intramolecular Hbond substituents is 3. The highest BCUT2D eigenvalue weighted by Gasteiger charge is 2.42. The number of anilines is 5. The van der Waals surface area contributed by atoms with Crippen LogP contribution in [0.15, 0.2) is 39.0 Å². The lowest BCUT2D eigenvalue weighted by molar-refractivity contribution is -0.135. The first-order valence-corrected chi connectivity index (χ1v) is 24.7. The first-order valence-electron chi connectivity index (χ1n) is 21.8. The van der Waals surface area contributed by atoms with Crippen molar-refractivity contribution in [3.8, 4) is 17.2 Å². The zero-order chi connectivity index (χ0) is 53.0. The number of aromatic hydroxyl groups is 3. The summed E-state index contributed by atoms with van der Waals surface area (Å²) in [6, 6.07) is 6.49. The van der Waals surface area contributed by atoms with E-state index in [1.54, 1.807) is 64.4 Å². The normalized spacial score (nSPS) is 17.1. The topological polar surface area (TPSA) is 392 Å². The Hall–Kier alpha value is -6.93. The van der Waals surface area contributed by atoms with Crippen LogP contribution in [0.3, 0.4) is 0 Å². The summed E-state index contributed by atoms with van der Waals surface area (Å²) in [5.41, 5.74) is 31.3. The molecule has 4 aromatic rings. The number of fused-ring (bicyclic) bond motifs is 3. The number of aryl methyl sites for hydroxylation is 3. The maximum Gasteiger partial charge on any atom is 0.294 e. The minimum atomic E-state index is -3.67. The molecule has 0 unspecified atom stereocenters. The van der Waals surface area contributed by atoms with Crippen LogP contribution in [0.2, 0.25) is 15.1 Å². The highest BCUT2D eigenvalue weighted by molar-refractivity contribution is 7.85. The SMILES string of the molecule is C.CS(=O)(=O)O.Cc1cc(N=C2C(=N)N3CCCCN3C2=O)c(N)c(Cl)c1O.Cc1cc(N=C2C(=N)N3CCCCN3C2=O)c(N)c(Cl)c1O.Cc1ccc(N)c(Cl)c1O.Nc1c(N)n2n(c1=O)CCCC2. The monoisotopic (exact) mass is 1080 g/mol. The minimum Gasteiger partial charge on any atom is -0.506 e. The van der Waals surface area contributed by atoms with Crippen molar-refractivity contribution in [1.29, 1.82) is 10.8 Å². The zero-order valence-electron chi connectivity index (χ0n) is 39.1. The summed E-state index contributed by atoms with van der Waals surface area (Å²) in [7, 11) is -3.67. The van der Waals surface area contributed by atoms with Crippen molar-refractivity contribution in [2.45, 2.75) is 79.8 Å². The van der Waals surface area contributed by atoms with Crippen LogP contribution in [-0.4, -0.2) is 125 Å². The number of carbonyl (C=O) groups excluding carboxylic acids is 2. The maximum absolute atomic E-state index is 12.4. The fourth-order valence-electron chi connectivity index (χ4n) is 7.55. The van der Waals surface area contributed by atoms with Crippen molar-refractivity contribution in [3.05, 3.63) is 66.4 Å². The Morgan fingerprint density at radius 2 is 0.917 bits per heavy atom. The van der Waals surface area contributed by atoms with Crippen molar-refractivity contribution in [2.75, 3.05) is 61.1 Å². The third-order valence-corrected chi connectivity index (χ3v) is 12.6. The molecular weight excluding hydrogens is 1020 g/mol. The number of amidine groups is 2. The molecule has 5 aliphatic rings. The molecule has 1 aromatic heterocycles. The zero-order valence-corrected chi connectivity index (χ0v) is 42.2. The van der Waals surface area contributed by atoms with E-state index < -0.39 is 10.1 Å². The van der Waals surface area contributed by atoms with Gasteiger partial charge in [-0.25, -0.2) is 24.7 Å². The van der Waals surface area contributed by atoms with Crippen molar-refractivity contribution >= 4 is 120 Å². The predicted molar refractivity (Wildman–Crippen MR) is 283 cm³/mol. The quantitative estimate of drug-likeness (QED) is 0.0888. The molecule has 16 N–H and O–H groups in total. The van der Waals surface area contributed by atoms with Crippen LogP contribution >= 0.6 is 34.8 Å². The van der Waals surface area contributed by atoms with Crippen LogP contribution < -0.4 is 34.2 Å². The minimum absolute atomic E-state index is 0. The van der Waals surface area contributed by atoms with Gasteiger partial charge in [0.25, 0.3) is 27.5 Å². The second kappa shape index (κ2) is 23.5. The molecule has 0 spiro atoms. The lowest BCUT2D eigenvalue weighted by atomic mass is 10.1. The molecule has 4 fully saturated rings. The van der Waals surface area contributed by atoms with E-state index in [1.807, 2.05) is 0 Å². The Bertz CT molecular complexity index is 2820. The van der Waals surface area contributed by atoms with Gasteiger partial charge in [0.2, 0.25) is 0 Å². The number of nitrogens with one attached hydrogen (secondary N) is 2. The lowest BCUT2D eigenvalue weighted by Crippen LogP contribution is -2.45. The molecule has 28 heteroatoms. The summed E-state index contributed by atoms with van der Waals surface area (Å²) in [5.74, 6) is -0.163. The maximum atomic E-state index is 12.4. The predicted octanol–water partition coefficient (Wildman–Crippen LogP) is 5.36. The standard InChI is InChI=1S/2C14H16ClN5O2.C7H8ClNO.C7H12N4O.CH4O3S.CH4/c2*1-7-6-8(10(16)9(15)12(7)21)18-11-13(17)19-4-2-3-5-20(19)14(11)22;1-4-2-3-5(9)6(8)7(4)10;8-5-6(9)10-3-1-2-4-11(10)7(5)12;1-5(2,3)4;/h2*6,17,21H,2-5,16H2,1H3;2-3,10H,9H2,1H3;1-4,8-9H2;1H3,(H,2,3,4);1H4. The number of nitrogens with two attached hydrogens (primary N) is 5. The summed E-state index contributed by atoms with van der Waals surface area (Å²) >= 11 is 17.5. The van der Waals surface area contributed by atoms with Crippen LogP contribution in [0.1, 0.15) is 62.6 Å². The Morgan fingerprint density at radius 1 is 0.569 bits per heavy atom. The molecule has 4 saturated heterocycles. The number of nitrogens with zero attached hydrogens (tertiary/aromatic N) is 8. The van der Waals surface area contributed by atoms with Gasteiger partial charge < -0.3 is 44.0 Å². The van der Waals surface area contributed by atoms with Gasteiger partial charge in [0.15, 0.2) is 23.1 Å². The first kappa shape index (κ1) is 57.6. The van der Waals surface area contributed by atoms with E-state index >= 15 is 0 Å². The summed E-state index contributed by atoms with van der Waals surface area (Å²) in [4.78, 5) is 44.6. The second-order valence-electron chi connectivity index (χ2n) is 16.6. The highest BCUT2D eigenvalue weighted by Crippen LogP contribution is 2.41. The van der Waals surface area contributed by atoms with Gasteiger partial charge in [0, 0.05) is 39.3 Å². The molecule has 2 amide bonds. The van der Waals surface area contributed by atoms with Crippen molar-refractivity contribution in [1.82, 2.24) is 29.4 Å². The Kier molecular flexibility index (Phi) is 18.8. The number of hydrogen-bond donors (Lipinski definition) is 11. The van der Waals surface area contributed by atoms with Crippen LogP contribution in [0.4, 0.5) is 39.9 Å². The van der Waals surface area contributed by atoms with Gasteiger partial charge in [-0.15, -0.1) is 0 Å². The third kappa shape index (κ3) is 12.6. The number of hydrazine groups is 2. The molecule has 0 aliphatic carbocycles. The molecule has 0 bridgehead atoms. The first-order chi connectivity index (χ1) is 33.2. The third-order valence-electron chi connectivity index (χ3n) is 11.4. The Balaban J connectivity index is 0.000000210. The lowest BCUT2D eigenvalue weighted by Gasteiger charge is -2.32. The molecular formula is C44H60Cl3N15O9S. The summed E-state index contributed by atoms with van der Waals surface area (Å²) < 4.78 is 29.3. The van der Waals surface area contributed by atoms with Gasteiger partial charge in [0.1, 0.15) is 43.8 Å². The number of hydrogen-bond acceptors (Lipinski definition) is 17. The van der Waals surface area contributed by atoms with E-state index in [0.717, 1.165) is 57.2 Å². The highest BCUT2D eigenvalue weighted by atomic mass is 35.5. The average molecular weight is 1080 g/mol. The number of halogens is 3. The van der Waals surface area contributed by atoms with E-state index in [-0.39, 0.29) is 109 Å². The molecule has 3 aromatic carbocycles. The number of rotatable bonds is 2. The fourth-order valence-corrected chi connectivity index (χ4v) is 8.26. The number of carbonyl (C=O) groups is 2. The van der Waals surface area contributed by atoms with Gasteiger partial charge >= 0.3 is 0 Å². The number of aliphatic imine (C=N–C) groups is 2. The van der Waals surface area contributed by atoms with Crippen LogP contribution in [0.25, 0.3) is 0 Å². The van der Waals surface area contributed by atoms with E-state index in [4.69, 9.17) is 78.8 Å². The average Bonchev–Trinajstić information content (AvgIpc) is 3.82. The summed E-state index contributed by atoms with van der Waals surface area (Å²) in [6.45, 7) is 9.08. The molecule has 9 rings (SSSR count). The van der Waals surface area contributed by atoms with Gasteiger partial charge in [-0.2, -0.15) is 8.42 Å². The van der Waals surface area contributed by atoms with Gasteiger partial charge in [-0.3, -0.25) is 44.5 Å². The molecule has 72 heavy (non-hydrogen) atoms. The molecule has 0 saturated carbocycles. The Labute approximate surface area is 430 Å². The molecule has 6 heterocycles. The molecule has 392 valence electrons. The summed E-state index contributed by atoms with van der Waals surface area (Å²) in [6.07, 6.45) is 6.51. The number of benzene rings is 3. The van der Waals surface area contributed by atoms with Gasteiger partial charge in [0.05, 0.1) is 34.7 Å². The Morgan fingerprint density at radius 3 is 1.28 bits per heavy atom. The smallest absolute Gasteiger partial charge is 0.294 e. The number of nitrogen functional groups attached to an aromatic ring is 5. The number of aromatic nitrogens is 2. The van der Waals surface area contributed by atoms with Gasteiger partial charge in [-0.1, -0.05) is 48.3 Å². The molecule has 0 radical (unpaired) electrons. The van der Waals surface area contributed by atoms with Crippen LogP contribution in [0, 0.1) is 31.6 Å². The van der Waals surface area contributed by atoms with E-state index in [1.165, 1.54) is 10.0 Å². The van der Waals surface area contributed by atoms with Crippen LogP contribution in [0.5, 0.6) is 17.2 Å². The van der Waals surface area contributed by atoms with E-state index in [0.29, 0.717) is 55.1 Å². The van der Waals surface area contributed by atoms with Crippen molar-refractivity contribution < 1.29 is 37.9 Å². The second-order valence-corrected chi connectivity index (χ2v) is 19.2. The van der Waals surface area contributed by atoms with Crippen molar-refractivity contribution in [3.63, 3.8) is 0 Å². The largest absolute Gasteiger partial charge is 0.506 e. The van der Waals surface area contributed by atoms with E-state index in [9.17, 15) is 38.1 Å². The molecule has 5 aliphatic heterocycles. The molecule has 0 atom stereocenters. The van der Waals surface area contributed by atoms with Crippen molar-refractivity contribution in [2.24, 2.45) is 9.98 Å².